The number of ether oxygens (including phenoxy) is 1. The molecule has 0 saturated carbocycles. The minimum absolute atomic E-state index is 0.0236. The van der Waals surface area contributed by atoms with Gasteiger partial charge in [-0.1, -0.05) is 5.16 Å². The normalized spacial score (nSPS) is 17.1. The van der Waals surface area contributed by atoms with Gasteiger partial charge in [-0.15, -0.1) is 0 Å². The Bertz CT molecular complexity index is 658. The third-order valence-electron chi connectivity index (χ3n) is 3.89. The molecule has 1 unspecified atom stereocenters. The maximum absolute atomic E-state index is 12.2. The van der Waals surface area contributed by atoms with Gasteiger partial charge in [0.1, 0.15) is 17.3 Å². The number of furan rings is 1. The van der Waals surface area contributed by atoms with Crippen LogP contribution in [0.4, 0.5) is 0 Å². The van der Waals surface area contributed by atoms with Crippen LogP contribution in [0, 0.1) is 13.8 Å². The molecule has 1 N–H and O–H groups in total. The summed E-state index contributed by atoms with van der Waals surface area (Å²) < 4.78 is 16.1. The fourth-order valence-electron chi connectivity index (χ4n) is 2.68. The molecule has 1 aliphatic rings. The van der Waals surface area contributed by atoms with Crippen molar-refractivity contribution in [1.82, 2.24) is 15.4 Å². The molecule has 3 rings (SSSR count). The maximum Gasteiger partial charge on any atom is 0.273 e. The number of aromatic nitrogens is 1. The van der Waals surface area contributed by atoms with Gasteiger partial charge in [-0.05, 0) is 26.0 Å². The zero-order chi connectivity index (χ0) is 16.2. The van der Waals surface area contributed by atoms with Crippen LogP contribution in [0.15, 0.2) is 27.1 Å². The average molecular weight is 319 g/mol. The molecule has 1 amide bonds. The number of aryl methyl sites for hydroxylation is 2. The van der Waals surface area contributed by atoms with Crippen molar-refractivity contribution in [3.8, 4) is 0 Å². The van der Waals surface area contributed by atoms with Crippen molar-refractivity contribution in [3.63, 3.8) is 0 Å². The highest BCUT2D eigenvalue weighted by molar-refractivity contribution is 5.92. The SMILES string of the molecule is Cc1cc(C(=O)NCC(c2ccc(C)o2)N2CCOCC2)no1. The second kappa shape index (κ2) is 6.97. The summed E-state index contributed by atoms with van der Waals surface area (Å²) in [7, 11) is 0. The molecule has 7 heteroatoms. The monoisotopic (exact) mass is 319 g/mol. The summed E-state index contributed by atoms with van der Waals surface area (Å²) in [6.45, 7) is 7.10. The number of amides is 1. The first-order chi connectivity index (χ1) is 11.1. The van der Waals surface area contributed by atoms with Crippen LogP contribution in [-0.2, 0) is 4.74 Å². The minimum Gasteiger partial charge on any atom is -0.465 e. The van der Waals surface area contributed by atoms with Gasteiger partial charge in [0.15, 0.2) is 5.69 Å². The van der Waals surface area contributed by atoms with Gasteiger partial charge in [-0.2, -0.15) is 0 Å². The second-order valence-corrected chi connectivity index (χ2v) is 5.65. The summed E-state index contributed by atoms with van der Waals surface area (Å²) in [5.74, 6) is 2.07. The molecular formula is C16H21N3O4. The molecule has 7 nitrogen and oxygen atoms in total. The third kappa shape index (κ3) is 3.80. The molecule has 0 aromatic carbocycles. The highest BCUT2D eigenvalue weighted by atomic mass is 16.5. The number of nitrogens with one attached hydrogen (secondary N) is 1. The predicted octanol–water partition coefficient (Wildman–Crippen LogP) is 1.69. The van der Waals surface area contributed by atoms with Crippen LogP contribution in [0.5, 0.6) is 0 Å². The highest BCUT2D eigenvalue weighted by Gasteiger charge is 2.26. The molecule has 0 aliphatic carbocycles. The Balaban J connectivity index is 1.69. The zero-order valence-corrected chi connectivity index (χ0v) is 13.4. The van der Waals surface area contributed by atoms with Gasteiger partial charge < -0.3 is 19.0 Å². The van der Waals surface area contributed by atoms with Crippen LogP contribution in [0.3, 0.4) is 0 Å². The number of carbonyl (C=O) groups is 1. The van der Waals surface area contributed by atoms with E-state index in [1.54, 1.807) is 13.0 Å². The lowest BCUT2D eigenvalue weighted by Gasteiger charge is -2.33. The molecule has 1 fully saturated rings. The molecule has 124 valence electrons. The highest BCUT2D eigenvalue weighted by Crippen LogP contribution is 2.23. The summed E-state index contributed by atoms with van der Waals surface area (Å²) >= 11 is 0. The van der Waals surface area contributed by atoms with Crippen molar-refractivity contribution in [3.05, 3.63) is 41.2 Å². The van der Waals surface area contributed by atoms with Gasteiger partial charge in [-0.3, -0.25) is 9.69 Å². The van der Waals surface area contributed by atoms with Crippen molar-refractivity contribution >= 4 is 5.91 Å². The molecule has 1 aliphatic heterocycles. The summed E-state index contributed by atoms with van der Waals surface area (Å²) in [6, 6.07) is 5.49. The lowest BCUT2D eigenvalue weighted by atomic mass is 10.1. The van der Waals surface area contributed by atoms with Gasteiger partial charge in [0.2, 0.25) is 0 Å². The van der Waals surface area contributed by atoms with Crippen LogP contribution >= 0.6 is 0 Å². The minimum atomic E-state index is -0.247. The number of carbonyl (C=O) groups excluding carboxylic acids is 1. The van der Waals surface area contributed by atoms with Crippen LogP contribution < -0.4 is 5.32 Å². The Morgan fingerprint density at radius 2 is 2.09 bits per heavy atom. The topological polar surface area (TPSA) is 80.7 Å². The molecule has 2 aromatic rings. The quantitative estimate of drug-likeness (QED) is 0.903. The first kappa shape index (κ1) is 15.8. The summed E-state index contributed by atoms with van der Waals surface area (Å²) in [5.41, 5.74) is 0.291. The fourth-order valence-corrected chi connectivity index (χ4v) is 2.68. The van der Waals surface area contributed by atoms with E-state index in [1.807, 2.05) is 19.1 Å². The van der Waals surface area contributed by atoms with Gasteiger partial charge in [-0.25, -0.2) is 0 Å². The van der Waals surface area contributed by atoms with E-state index < -0.39 is 0 Å². The Hall–Kier alpha value is -2.12. The third-order valence-corrected chi connectivity index (χ3v) is 3.89. The second-order valence-electron chi connectivity index (χ2n) is 5.65. The number of morpholine rings is 1. The van der Waals surface area contributed by atoms with Crippen molar-refractivity contribution in [2.75, 3.05) is 32.8 Å². The molecule has 23 heavy (non-hydrogen) atoms. The number of rotatable bonds is 5. The molecule has 0 radical (unpaired) electrons. The average Bonchev–Trinajstić information content (AvgIpc) is 3.17. The van der Waals surface area contributed by atoms with Gasteiger partial charge in [0.05, 0.1) is 19.3 Å². The smallest absolute Gasteiger partial charge is 0.273 e. The van der Waals surface area contributed by atoms with Crippen molar-refractivity contribution in [1.29, 1.82) is 0 Å². The fraction of sp³-hybridized carbons (Fsp3) is 0.500. The van der Waals surface area contributed by atoms with Gasteiger partial charge >= 0.3 is 0 Å². The Morgan fingerprint density at radius 1 is 1.30 bits per heavy atom. The molecule has 2 aromatic heterocycles. The lowest BCUT2D eigenvalue weighted by molar-refractivity contribution is 0.0116. The van der Waals surface area contributed by atoms with E-state index in [-0.39, 0.29) is 11.9 Å². The van der Waals surface area contributed by atoms with E-state index in [9.17, 15) is 4.79 Å². The molecule has 0 bridgehead atoms. The van der Waals surface area contributed by atoms with E-state index in [1.165, 1.54) is 0 Å². The van der Waals surface area contributed by atoms with Crippen LogP contribution in [0.25, 0.3) is 0 Å². The molecule has 3 heterocycles. The Labute approximate surface area is 134 Å². The van der Waals surface area contributed by atoms with Crippen LogP contribution in [0.2, 0.25) is 0 Å². The summed E-state index contributed by atoms with van der Waals surface area (Å²) in [5, 5.41) is 6.65. The number of hydrogen-bond donors (Lipinski definition) is 1. The van der Waals surface area contributed by atoms with Crippen LogP contribution in [0.1, 0.15) is 33.8 Å². The van der Waals surface area contributed by atoms with Gasteiger partial charge in [0.25, 0.3) is 5.91 Å². The largest absolute Gasteiger partial charge is 0.465 e. The van der Waals surface area contributed by atoms with Crippen molar-refractivity contribution < 1.29 is 18.5 Å². The maximum atomic E-state index is 12.2. The molecular weight excluding hydrogens is 298 g/mol. The van der Waals surface area contributed by atoms with E-state index in [0.29, 0.717) is 31.2 Å². The first-order valence-electron chi connectivity index (χ1n) is 7.73. The number of nitrogens with zero attached hydrogens (tertiary/aromatic N) is 2. The van der Waals surface area contributed by atoms with E-state index in [2.05, 4.69) is 15.4 Å². The first-order valence-corrected chi connectivity index (χ1v) is 7.73. The predicted molar refractivity (Wildman–Crippen MR) is 82.2 cm³/mol. The Morgan fingerprint density at radius 3 is 2.70 bits per heavy atom. The van der Waals surface area contributed by atoms with E-state index >= 15 is 0 Å². The summed E-state index contributed by atoms with van der Waals surface area (Å²) in [6.07, 6.45) is 0. The molecule has 0 spiro atoms. The molecule has 1 atom stereocenters. The van der Waals surface area contributed by atoms with Crippen LogP contribution in [-0.4, -0.2) is 48.8 Å². The van der Waals surface area contributed by atoms with Gasteiger partial charge in [0, 0.05) is 25.7 Å². The molecule has 1 saturated heterocycles. The van der Waals surface area contributed by atoms with E-state index in [4.69, 9.17) is 13.7 Å². The van der Waals surface area contributed by atoms with Crippen molar-refractivity contribution in [2.24, 2.45) is 0 Å². The summed E-state index contributed by atoms with van der Waals surface area (Å²) in [4.78, 5) is 14.4. The standard InChI is InChI=1S/C16H21N3O4/c1-11-3-4-15(22-11)14(19-5-7-21-8-6-19)10-17-16(20)13-9-12(2)23-18-13/h3-4,9,14H,5-8,10H2,1-2H3,(H,17,20). The van der Waals surface area contributed by atoms with E-state index in [0.717, 1.165) is 24.6 Å². The van der Waals surface area contributed by atoms with Crippen molar-refractivity contribution in [2.45, 2.75) is 19.9 Å². The lowest BCUT2D eigenvalue weighted by Crippen LogP contribution is -2.43. The Kier molecular flexibility index (Phi) is 4.78. The zero-order valence-electron chi connectivity index (χ0n) is 13.4. The number of hydrogen-bond acceptors (Lipinski definition) is 6.